The number of hydrogen-bond acceptors (Lipinski definition) is 3. The first-order valence-electron chi connectivity index (χ1n) is 8.45. The lowest BCUT2D eigenvalue weighted by molar-refractivity contribution is -0.121. The van der Waals surface area contributed by atoms with Crippen LogP contribution < -0.4 is 20.7 Å². The number of aliphatic imine (C=N–C) groups is 1. The van der Waals surface area contributed by atoms with Crippen LogP contribution in [-0.4, -0.2) is 43.1 Å². The van der Waals surface area contributed by atoms with E-state index < -0.39 is 5.82 Å². The van der Waals surface area contributed by atoms with Gasteiger partial charge >= 0.3 is 0 Å². The van der Waals surface area contributed by atoms with Gasteiger partial charge in [-0.2, -0.15) is 0 Å². The van der Waals surface area contributed by atoms with Gasteiger partial charge in [-0.1, -0.05) is 12.1 Å². The molecule has 140 valence electrons. The van der Waals surface area contributed by atoms with Crippen LogP contribution in [0.1, 0.15) is 34.6 Å². The molecule has 0 radical (unpaired) electrons. The fraction of sp³-hybridized carbons (Fsp3) is 0.556. The van der Waals surface area contributed by atoms with E-state index in [2.05, 4.69) is 20.9 Å². The number of benzene rings is 1. The van der Waals surface area contributed by atoms with Crippen molar-refractivity contribution < 1.29 is 13.9 Å². The van der Waals surface area contributed by atoms with Gasteiger partial charge in [-0.3, -0.25) is 4.79 Å². The van der Waals surface area contributed by atoms with Gasteiger partial charge in [-0.25, -0.2) is 9.38 Å². The van der Waals surface area contributed by atoms with Crippen LogP contribution in [0.25, 0.3) is 0 Å². The van der Waals surface area contributed by atoms with E-state index in [-0.39, 0.29) is 29.8 Å². The van der Waals surface area contributed by atoms with Gasteiger partial charge in [0.15, 0.2) is 17.5 Å². The summed E-state index contributed by atoms with van der Waals surface area (Å²) in [5, 5.41) is 9.00. The average Bonchev–Trinajstić information content (AvgIpc) is 2.50. The summed E-state index contributed by atoms with van der Waals surface area (Å²) in [6.45, 7) is 10.6. The first-order chi connectivity index (χ1) is 11.7. The smallest absolute Gasteiger partial charge is 0.242 e. The molecule has 1 atom stereocenters. The molecule has 0 spiro atoms. The van der Waals surface area contributed by atoms with Crippen LogP contribution in [0.4, 0.5) is 4.39 Å². The van der Waals surface area contributed by atoms with Crippen LogP contribution in [0, 0.1) is 5.82 Å². The molecule has 6 nitrogen and oxygen atoms in total. The first kappa shape index (κ1) is 20.7. The topological polar surface area (TPSA) is 74.8 Å². The number of carbonyl (C=O) groups excluding carboxylic acids is 1. The number of rotatable bonds is 7. The second-order valence-electron chi connectivity index (χ2n) is 6.73. The summed E-state index contributed by atoms with van der Waals surface area (Å²) in [6.07, 6.45) is -0.274. The largest absolute Gasteiger partial charge is 0.486 e. The van der Waals surface area contributed by atoms with Crippen LogP contribution in [0.15, 0.2) is 29.3 Å². The van der Waals surface area contributed by atoms with Crippen molar-refractivity contribution in [1.29, 1.82) is 0 Å². The highest BCUT2D eigenvalue weighted by Crippen LogP contribution is 2.16. The molecule has 1 aromatic rings. The third-order valence-corrected chi connectivity index (χ3v) is 2.96. The van der Waals surface area contributed by atoms with E-state index in [1.807, 2.05) is 34.6 Å². The van der Waals surface area contributed by atoms with Crippen molar-refractivity contribution in [1.82, 2.24) is 16.0 Å². The number of hydrogen-bond donors (Lipinski definition) is 3. The predicted molar refractivity (Wildman–Crippen MR) is 98.4 cm³/mol. The molecule has 0 aromatic heterocycles. The Bertz CT molecular complexity index is 585. The van der Waals surface area contributed by atoms with E-state index >= 15 is 0 Å². The number of amides is 1. The van der Waals surface area contributed by atoms with E-state index in [1.54, 1.807) is 18.2 Å². The molecule has 0 bridgehead atoms. The highest BCUT2D eigenvalue weighted by atomic mass is 19.1. The minimum atomic E-state index is -0.395. The molecule has 3 N–H and O–H groups in total. The van der Waals surface area contributed by atoms with Gasteiger partial charge < -0.3 is 20.7 Å². The Morgan fingerprint density at radius 1 is 1.28 bits per heavy atom. The number of halogens is 1. The SMILES string of the molecule is CCNC(=NCC(=O)NC(C)(C)C)NCC(C)Oc1ccccc1F. The molecule has 7 heteroatoms. The summed E-state index contributed by atoms with van der Waals surface area (Å²) in [5.74, 6) is 0.174. The fourth-order valence-electron chi connectivity index (χ4n) is 1.99. The van der Waals surface area contributed by atoms with Crippen molar-refractivity contribution in [2.24, 2.45) is 4.99 Å². The van der Waals surface area contributed by atoms with Crippen LogP contribution in [0.2, 0.25) is 0 Å². The molecule has 0 heterocycles. The number of nitrogens with one attached hydrogen (secondary N) is 3. The maximum Gasteiger partial charge on any atom is 0.242 e. The zero-order chi connectivity index (χ0) is 18.9. The molecule has 1 unspecified atom stereocenters. The molecule has 1 amide bonds. The lowest BCUT2D eigenvalue weighted by atomic mass is 10.1. The van der Waals surface area contributed by atoms with Crippen molar-refractivity contribution in [3.05, 3.63) is 30.1 Å². The van der Waals surface area contributed by atoms with Crippen molar-refractivity contribution >= 4 is 11.9 Å². The van der Waals surface area contributed by atoms with Crippen LogP contribution >= 0.6 is 0 Å². The molecule has 0 saturated carbocycles. The first-order valence-corrected chi connectivity index (χ1v) is 8.45. The summed E-state index contributed by atoms with van der Waals surface area (Å²) in [5.41, 5.74) is -0.291. The van der Waals surface area contributed by atoms with E-state index in [4.69, 9.17) is 4.74 Å². The molecule has 0 fully saturated rings. The second-order valence-corrected chi connectivity index (χ2v) is 6.73. The zero-order valence-corrected chi connectivity index (χ0v) is 15.6. The monoisotopic (exact) mass is 352 g/mol. The second kappa shape index (κ2) is 9.86. The number of guanidine groups is 1. The molecule has 25 heavy (non-hydrogen) atoms. The Morgan fingerprint density at radius 2 is 1.96 bits per heavy atom. The number of nitrogens with zero attached hydrogens (tertiary/aromatic N) is 1. The van der Waals surface area contributed by atoms with E-state index in [0.717, 1.165) is 0 Å². The van der Waals surface area contributed by atoms with Crippen molar-refractivity contribution in [3.8, 4) is 5.75 Å². The van der Waals surface area contributed by atoms with Crippen molar-refractivity contribution in [2.45, 2.75) is 46.3 Å². The summed E-state index contributed by atoms with van der Waals surface area (Å²) >= 11 is 0. The van der Waals surface area contributed by atoms with Gasteiger partial charge in [-0.15, -0.1) is 0 Å². The minimum Gasteiger partial charge on any atom is -0.486 e. The highest BCUT2D eigenvalue weighted by Gasteiger charge is 2.13. The fourth-order valence-corrected chi connectivity index (χ4v) is 1.99. The van der Waals surface area contributed by atoms with Crippen molar-refractivity contribution in [3.63, 3.8) is 0 Å². The Labute approximate surface area is 149 Å². The minimum absolute atomic E-state index is 0.0230. The molecule has 0 saturated heterocycles. The molecular formula is C18H29FN4O2. The van der Waals surface area contributed by atoms with Gasteiger partial charge in [0.2, 0.25) is 5.91 Å². The summed E-state index contributed by atoms with van der Waals surface area (Å²) in [7, 11) is 0. The molecule has 0 aliphatic carbocycles. The van der Waals surface area contributed by atoms with Gasteiger partial charge in [0.25, 0.3) is 0 Å². The lowest BCUT2D eigenvalue weighted by Gasteiger charge is -2.20. The molecule has 1 aromatic carbocycles. The third kappa shape index (κ3) is 8.93. The Balaban J connectivity index is 2.52. The van der Waals surface area contributed by atoms with Gasteiger partial charge in [0.1, 0.15) is 12.6 Å². The van der Waals surface area contributed by atoms with Crippen LogP contribution in [0.3, 0.4) is 0 Å². The quantitative estimate of drug-likeness (QED) is 0.519. The number of carbonyl (C=O) groups is 1. The standard InChI is InChI=1S/C18H29FN4O2/c1-6-20-17(22-12-16(24)23-18(3,4)5)21-11-13(2)25-15-10-8-7-9-14(15)19/h7-10,13H,6,11-12H2,1-5H3,(H,23,24)(H2,20,21,22). The van der Waals surface area contributed by atoms with E-state index in [1.165, 1.54) is 6.07 Å². The zero-order valence-electron chi connectivity index (χ0n) is 15.6. The Morgan fingerprint density at radius 3 is 2.56 bits per heavy atom. The maximum atomic E-state index is 13.6. The molecule has 1 rings (SSSR count). The number of para-hydroxylation sites is 1. The van der Waals surface area contributed by atoms with Crippen molar-refractivity contribution in [2.75, 3.05) is 19.6 Å². The van der Waals surface area contributed by atoms with Gasteiger partial charge in [0, 0.05) is 12.1 Å². The molecule has 0 aliphatic rings. The summed E-state index contributed by atoms with van der Waals surface area (Å²) in [6, 6.07) is 6.28. The van der Waals surface area contributed by atoms with E-state index in [9.17, 15) is 9.18 Å². The molecule has 0 aliphatic heterocycles. The lowest BCUT2D eigenvalue weighted by Crippen LogP contribution is -2.44. The van der Waals surface area contributed by atoms with Gasteiger partial charge in [0.05, 0.1) is 6.54 Å². The summed E-state index contributed by atoms with van der Waals surface area (Å²) in [4.78, 5) is 16.1. The Kier molecular flexibility index (Phi) is 8.18. The molecular weight excluding hydrogens is 323 g/mol. The van der Waals surface area contributed by atoms with E-state index in [0.29, 0.717) is 19.0 Å². The average molecular weight is 352 g/mol. The third-order valence-electron chi connectivity index (χ3n) is 2.96. The van der Waals surface area contributed by atoms with Crippen LogP contribution in [0.5, 0.6) is 5.75 Å². The normalized spacial score (nSPS) is 13.1. The highest BCUT2D eigenvalue weighted by molar-refractivity contribution is 5.85. The Hall–Kier alpha value is -2.31. The summed E-state index contributed by atoms with van der Waals surface area (Å²) < 4.78 is 19.2. The van der Waals surface area contributed by atoms with Gasteiger partial charge in [-0.05, 0) is 46.8 Å². The van der Waals surface area contributed by atoms with Crippen LogP contribution in [-0.2, 0) is 4.79 Å². The predicted octanol–water partition coefficient (Wildman–Crippen LogP) is 2.06. The number of ether oxygens (including phenoxy) is 1. The maximum absolute atomic E-state index is 13.6.